The van der Waals surface area contributed by atoms with Gasteiger partial charge in [0.1, 0.15) is 11.8 Å². The lowest BCUT2D eigenvalue weighted by atomic mass is 10.0. The van der Waals surface area contributed by atoms with Crippen molar-refractivity contribution in [1.29, 1.82) is 0 Å². The summed E-state index contributed by atoms with van der Waals surface area (Å²) in [5.41, 5.74) is 1.92. The average Bonchev–Trinajstić information content (AvgIpc) is 2.86. The third-order valence-corrected chi connectivity index (χ3v) is 5.90. The number of nitrogens with one attached hydrogen (secondary N) is 1. The van der Waals surface area contributed by atoms with E-state index in [4.69, 9.17) is 16.3 Å². The highest BCUT2D eigenvalue weighted by Crippen LogP contribution is 2.18. The Morgan fingerprint density at radius 3 is 2.09 bits per heavy atom. The SMILES string of the molecule is CC[C@H](C)NC(=O)[C@H](Cc1ccccc1)N(Cc1ccccc1)C(=O)COc1ccc(Cl)cc1. The van der Waals surface area contributed by atoms with Gasteiger partial charge in [-0.25, -0.2) is 0 Å². The number of halogens is 1. The van der Waals surface area contributed by atoms with Crippen molar-refractivity contribution < 1.29 is 14.3 Å². The minimum Gasteiger partial charge on any atom is -0.484 e. The first-order chi connectivity index (χ1) is 16.5. The normalized spacial score (nSPS) is 12.4. The van der Waals surface area contributed by atoms with Crippen molar-refractivity contribution in [2.45, 2.75) is 45.3 Å². The second kappa shape index (κ2) is 12.8. The molecule has 2 amide bonds. The standard InChI is InChI=1S/C28H31ClN2O3/c1-3-21(2)30-28(33)26(18-22-10-6-4-7-11-22)31(19-23-12-8-5-9-13-23)27(32)20-34-25-16-14-24(29)15-17-25/h4-17,21,26H,3,18-20H2,1-2H3,(H,30,33)/t21-,26-/m0/s1. The van der Waals surface area contributed by atoms with Crippen molar-refractivity contribution in [3.63, 3.8) is 0 Å². The number of hydrogen-bond donors (Lipinski definition) is 1. The number of carbonyl (C=O) groups excluding carboxylic acids is 2. The number of benzene rings is 3. The highest BCUT2D eigenvalue weighted by atomic mass is 35.5. The summed E-state index contributed by atoms with van der Waals surface area (Å²) in [5.74, 6) is 0.106. The van der Waals surface area contributed by atoms with Gasteiger partial charge in [-0.3, -0.25) is 9.59 Å². The number of carbonyl (C=O) groups is 2. The van der Waals surface area contributed by atoms with Gasteiger partial charge in [0.25, 0.3) is 5.91 Å². The van der Waals surface area contributed by atoms with E-state index < -0.39 is 6.04 Å². The molecule has 3 aromatic carbocycles. The molecule has 0 aliphatic rings. The van der Waals surface area contributed by atoms with Gasteiger partial charge in [-0.05, 0) is 48.7 Å². The molecule has 3 rings (SSSR count). The number of ether oxygens (including phenoxy) is 1. The second-order valence-corrected chi connectivity index (χ2v) is 8.71. The quantitative estimate of drug-likeness (QED) is 0.408. The maximum Gasteiger partial charge on any atom is 0.261 e. The fourth-order valence-corrected chi connectivity index (χ4v) is 3.66. The van der Waals surface area contributed by atoms with Crippen LogP contribution in [-0.2, 0) is 22.6 Å². The molecule has 0 spiro atoms. The first-order valence-electron chi connectivity index (χ1n) is 11.5. The molecular weight excluding hydrogens is 448 g/mol. The Kier molecular flexibility index (Phi) is 9.53. The van der Waals surface area contributed by atoms with Gasteiger partial charge >= 0.3 is 0 Å². The van der Waals surface area contributed by atoms with Gasteiger partial charge in [0.05, 0.1) is 0 Å². The Morgan fingerprint density at radius 1 is 0.912 bits per heavy atom. The summed E-state index contributed by atoms with van der Waals surface area (Å²) in [6.07, 6.45) is 1.21. The Labute approximate surface area is 206 Å². The third kappa shape index (κ3) is 7.63. The number of rotatable bonds is 11. The van der Waals surface area contributed by atoms with E-state index in [0.717, 1.165) is 17.5 Å². The molecule has 5 nitrogen and oxygen atoms in total. The zero-order chi connectivity index (χ0) is 24.3. The van der Waals surface area contributed by atoms with Gasteiger partial charge in [-0.2, -0.15) is 0 Å². The van der Waals surface area contributed by atoms with Gasteiger partial charge in [0, 0.05) is 24.0 Å². The fourth-order valence-electron chi connectivity index (χ4n) is 3.53. The molecule has 34 heavy (non-hydrogen) atoms. The smallest absolute Gasteiger partial charge is 0.261 e. The molecule has 0 bridgehead atoms. The summed E-state index contributed by atoms with van der Waals surface area (Å²) >= 11 is 5.95. The van der Waals surface area contributed by atoms with E-state index in [-0.39, 0.29) is 24.5 Å². The maximum atomic E-state index is 13.5. The van der Waals surface area contributed by atoms with Crippen molar-refractivity contribution in [3.05, 3.63) is 101 Å². The highest BCUT2D eigenvalue weighted by Gasteiger charge is 2.31. The van der Waals surface area contributed by atoms with Crippen LogP contribution in [0.2, 0.25) is 5.02 Å². The van der Waals surface area contributed by atoms with Crippen molar-refractivity contribution in [2.24, 2.45) is 0 Å². The van der Waals surface area contributed by atoms with E-state index >= 15 is 0 Å². The lowest BCUT2D eigenvalue weighted by molar-refractivity contribution is -0.143. The molecule has 0 fully saturated rings. The zero-order valence-corrected chi connectivity index (χ0v) is 20.4. The zero-order valence-electron chi connectivity index (χ0n) is 19.6. The lowest BCUT2D eigenvalue weighted by Crippen LogP contribution is -2.53. The van der Waals surface area contributed by atoms with Crippen LogP contribution in [0.25, 0.3) is 0 Å². The van der Waals surface area contributed by atoms with E-state index in [9.17, 15) is 9.59 Å². The van der Waals surface area contributed by atoms with Gasteiger partial charge in [0.15, 0.2) is 6.61 Å². The average molecular weight is 479 g/mol. The molecule has 178 valence electrons. The minimum atomic E-state index is -0.682. The van der Waals surface area contributed by atoms with E-state index in [1.54, 1.807) is 29.2 Å². The van der Waals surface area contributed by atoms with Crippen LogP contribution in [-0.4, -0.2) is 35.4 Å². The molecule has 2 atom stereocenters. The molecule has 0 aromatic heterocycles. The third-order valence-electron chi connectivity index (χ3n) is 5.64. The molecule has 0 saturated carbocycles. The molecule has 0 saturated heterocycles. The van der Waals surface area contributed by atoms with Crippen LogP contribution in [0.1, 0.15) is 31.4 Å². The molecular formula is C28H31ClN2O3. The summed E-state index contributed by atoms with van der Waals surface area (Å²) in [5, 5.41) is 3.65. The predicted molar refractivity (Wildman–Crippen MR) is 136 cm³/mol. The van der Waals surface area contributed by atoms with Crippen molar-refractivity contribution in [1.82, 2.24) is 10.2 Å². The molecule has 0 heterocycles. The first-order valence-corrected chi connectivity index (χ1v) is 11.9. The van der Waals surface area contributed by atoms with E-state index in [1.807, 2.05) is 74.5 Å². The molecule has 0 aliphatic heterocycles. The Morgan fingerprint density at radius 2 is 1.50 bits per heavy atom. The fraction of sp³-hybridized carbons (Fsp3) is 0.286. The Hall–Kier alpha value is -3.31. The van der Waals surface area contributed by atoms with E-state index in [1.165, 1.54) is 0 Å². The van der Waals surface area contributed by atoms with Crippen LogP contribution >= 0.6 is 11.6 Å². The van der Waals surface area contributed by atoms with Crippen LogP contribution < -0.4 is 10.1 Å². The number of hydrogen-bond acceptors (Lipinski definition) is 3. The second-order valence-electron chi connectivity index (χ2n) is 8.27. The van der Waals surface area contributed by atoms with Gasteiger partial charge < -0.3 is 15.0 Å². The van der Waals surface area contributed by atoms with Crippen LogP contribution in [0, 0.1) is 0 Å². The summed E-state index contributed by atoms with van der Waals surface area (Å²) in [6.45, 7) is 4.10. The molecule has 0 radical (unpaired) electrons. The van der Waals surface area contributed by atoms with Crippen molar-refractivity contribution in [2.75, 3.05) is 6.61 Å². The number of amides is 2. The van der Waals surface area contributed by atoms with Gasteiger partial charge in [-0.15, -0.1) is 0 Å². The van der Waals surface area contributed by atoms with Crippen molar-refractivity contribution in [3.8, 4) is 5.75 Å². The van der Waals surface area contributed by atoms with Crippen LogP contribution in [0.5, 0.6) is 5.75 Å². The Bertz CT molecular complexity index is 1040. The van der Waals surface area contributed by atoms with E-state index in [2.05, 4.69) is 5.32 Å². The number of nitrogens with zero attached hydrogens (tertiary/aromatic N) is 1. The molecule has 0 aliphatic carbocycles. The predicted octanol–water partition coefficient (Wildman–Crippen LogP) is 5.27. The first kappa shape index (κ1) is 25.3. The topological polar surface area (TPSA) is 58.6 Å². The monoisotopic (exact) mass is 478 g/mol. The van der Waals surface area contributed by atoms with Gasteiger partial charge in [0.2, 0.25) is 5.91 Å². The summed E-state index contributed by atoms with van der Waals surface area (Å²) < 4.78 is 5.74. The largest absolute Gasteiger partial charge is 0.484 e. The van der Waals surface area contributed by atoms with E-state index in [0.29, 0.717) is 23.7 Å². The molecule has 0 unspecified atom stereocenters. The molecule has 6 heteroatoms. The van der Waals surface area contributed by atoms with Crippen LogP contribution in [0.4, 0.5) is 0 Å². The summed E-state index contributed by atoms with van der Waals surface area (Å²) in [4.78, 5) is 28.5. The summed E-state index contributed by atoms with van der Waals surface area (Å²) in [7, 11) is 0. The molecule has 3 aromatic rings. The highest BCUT2D eigenvalue weighted by molar-refractivity contribution is 6.30. The van der Waals surface area contributed by atoms with Crippen molar-refractivity contribution >= 4 is 23.4 Å². The van der Waals surface area contributed by atoms with Crippen LogP contribution in [0.15, 0.2) is 84.9 Å². The van der Waals surface area contributed by atoms with Crippen LogP contribution in [0.3, 0.4) is 0 Å². The molecule has 1 N–H and O–H groups in total. The lowest BCUT2D eigenvalue weighted by Gasteiger charge is -2.32. The minimum absolute atomic E-state index is 0.00441. The summed E-state index contributed by atoms with van der Waals surface area (Å²) in [6, 6.07) is 25.6. The van der Waals surface area contributed by atoms with Gasteiger partial charge in [-0.1, -0.05) is 79.2 Å². The maximum absolute atomic E-state index is 13.5. The Balaban J connectivity index is 1.88.